The molecule has 0 aliphatic heterocycles. The Morgan fingerprint density at radius 2 is 0.918 bits per heavy atom. The van der Waals surface area contributed by atoms with Gasteiger partial charge in [0.1, 0.15) is 0 Å². The van der Waals surface area contributed by atoms with Gasteiger partial charge in [0.05, 0.1) is 0 Å². The lowest BCUT2D eigenvalue weighted by Crippen LogP contribution is -2.25. The highest BCUT2D eigenvalue weighted by Gasteiger charge is 2.38. The summed E-state index contributed by atoms with van der Waals surface area (Å²) in [5.74, 6) is 0. The third kappa shape index (κ3) is 6.16. The van der Waals surface area contributed by atoms with Crippen molar-refractivity contribution in [1.29, 1.82) is 0 Å². The Morgan fingerprint density at radius 1 is 0.469 bits per heavy atom. The van der Waals surface area contributed by atoms with Gasteiger partial charge in [-0.15, -0.1) is 0 Å². The van der Waals surface area contributed by atoms with E-state index >= 15 is 0 Å². The molecular formula is C49H52. The molecule has 0 amide bonds. The molecule has 0 aromatic heterocycles. The van der Waals surface area contributed by atoms with Gasteiger partial charge in [-0.05, 0) is 116 Å². The summed E-state index contributed by atoms with van der Waals surface area (Å²) >= 11 is 0. The van der Waals surface area contributed by atoms with E-state index < -0.39 is 0 Å². The van der Waals surface area contributed by atoms with Crippen molar-refractivity contribution in [2.45, 2.75) is 92.4 Å². The summed E-state index contributed by atoms with van der Waals surface area (Å²) in [6, 6.07) is 39.2. The SMILES string of the molecule is Cc1cc(C(C)(C)C)ccc1-c1cccc2c1C=C(C(C)(Cc1ccccc1)C1=Cc3c(cccc3-c3ccc(C(C)(C)C)cc3C)C1)C2. The van der Waals surface area contributed by atoms with E-state index in [9.17, 15) is 0 Å². The molecule has 49 heavy (non-hydrogen) atoms. The van der Waals surface area contributed by atoms with Crippen molar-refractivity contribution in [2.75, 3.05) is 0 Å². The van der Waals surface area contributed by atoms with E-state index in [1.165, 1.54) is 83.5 Å². The van der Waals surface area contributed by atoms with Crippen LogP contribution < -0.4 is 0 Å². The molecule has 0 heteroatoms. The lowest BCUT2D eigenvalue weighted by atomic mass is 9.70. The van der Waals surface area contributed by atoms with Crippen molar-refractivity contribution < 1.29 is 0 Å². The van der Waals surface area contributed by atoms with Gasteiger partial charge in [-0.25, -0.2) is 0 Å². The molecule has 0 spiro atoms. The molecule has 0 N–H and O–H groups in total. The predicted octanol–water partition coefficient (Wildman–Crippen LogP) is 13.1. The van der Waals surface area contributed by atoms with E-state index in [1.807, 2.05) is 0 Å². The first kappa shape index (κ1) is 33.1. The third-order valence-electron chi connectivity index (χ3n) is 11.4. The molecule has 0 nitrogen and oxygen atoms in total. The molecule has 0 radical (unpaired) electrons. The fraction of sp³-hybridized carbons (Fsp3) is 0.306. The summed E-state index contributed by atoms with van der Waals surface area (Å²) in [7, 11) is 0. The zero-order valence-electron chi connectivity index (χ0n) is 31.1. The second-order valence-corrected chi connectivity index (χ2v) is 17.0. The fourth-order valence-corrected chi connectivity index (χ4v) is 8.22. The Labute approximate surface area is 295 Å². The summed E-state index contributed by atoms with van der Waals surface area (Å²) < 4.78 is 0. The van der Waals surface area contributed by atoms with Crippen molar-refractivity contribution in [3.8, 4) is 22.3 Å². The Hall–Kier alpha value is -4.42. The fourth-order valence-electron chi connectivity index (χ4n) is 8.22. The minimum Gasteiger partial charge on any atom is -0.0622 e. The van der Waals surface area contributed by atoms with Crippen LogP contribution >= 0.6 is 0 Å². The quantitative estimate of drug-likeness (QED) is 0.173. The minimum absolute atomic E-state index is 0.121. The van der Waals surface area contributed by atoms with E-state index in [4.69, 9.17) is 0 Å². The standard InChI is InChI=1S/C49H52/c1-32-25-37(47(3,4)5)21-23-41(32)43-19-13-17-35-27-39(29-45(35)43)49(9,31-34-15-11-10-12-16-34)40-28-36-18-14-20-44(46(36)30-40)42-24-22-38(26-33(42)2)48(6,7)8/h10-26,29-30H,27-28,31H2,1-9H3. The van der Waals surface area contributed by atoms with Crippen LogP contribution in [0.15, 0.2) is 114 Å². The second-order valence-electron chi connectivity index (χ2n) is 17.0. The van der Waals surface area contributed by atoms with E-state index in [-0.39, 0.29) is 16.2 Å². The monoisotopic (exact) mass is 640 g/mol. The summed E-state index contributed by atoms with van der Waals surface area (Å²) in [5.41, 5.74) is 21.1. The highest BCUT2D eigenvalue weighted by Crippen LogP contribution is 2.51. The molecule has 0 saturated carbocycles. The van der Waals surface area contributed by atoms with Crippen LogP contribution in [0.4, 0.5) is 0 Å². The summed E-state index contributed by atoms with van der Waals surface area (Å²) in [4.78, 5) is 0. The van der Waals surface area contributed by atoms with Crippen molar-refractivity contribution in [1.82, 2.24) is 0 Å². The molecule has 5 aromatic rings. The van der Waals surface area contributed by atoms with Gasteiger partial charge in [0.2, 0.25) is 0 Å². The van der Waals surface area contributed by atoms with Crippen LogP contribution in [-0.4, -0.2) is 0 Å². The first-order chi connectivity index (χ1) is 23.2. The normalized spacial score (nSPS) is 14.4. The van der Waals surface area contributed by atoms with E-state index in [1.54, 1.807) is 0 Å². The smallest absolute Gasteiger partial charge is 0.0146 e. The maximum Gasteiger partial charge on any atom is 0.0146 e. The van der Waals surface area contributed by atoms with Crippen LogP contribution in [0.3, 0.4) is 0 Å². The molecule has 248 valence electrons. The van der Waals surface area contributed by atoms with Crippen LogP contribution in [0.5, 0.6) is 0 Å². The van der Waals surface area contributed by atoms with Crippen LogP contribution in [0, 0.1) is 19.3 Å². The van der Waals surface area contributed by atoms with Crippen LogP contribution in [-0.2, 0) is 30.1 Å². The van der Waals surface area contributed by atoms with Crippen molar-refractivity contribution in [2.24, 2.45) is 5.41 Å². The van der Waals surface area contributed by atoms with Gasteiger partial charge in [-0.3, -0.25) is 0 Å². The van der Waals surface area contributed by atoms with Crippen molar-refractivity contribution in [3.05, 3.63) is 164 Å². The number of benzene rings is 5. The molecule has 2 aliphatic carbocycles. The number of fused-ring (bicyclic) bond motifs is 2. The van der Waals surface area contributed by atoms with Gasteiger partial charge in [-0.1, -0.05) is 175 Å². The van der Waals surface area contributed by atoms with Gasteiger partial charge in [0.15, 0.2) is 0 Å². The molecule has 0 fully saturated rings. The van der Waals surface area contributed by atoms with Crippen LogP contribution in [0.2, 0.25) is 0 Å². The Kier molecular flexibility index (Phi) is 8.22. The molecule has 0 saturated heterocycles. The Balaban J connectivity index is 1.32. The number of allylic oxidation sites excluding steroid dienone is 2. The van der Waals surface area contributed by atoms with Gasteiger partial charge in [0, 0.05) is 5.41 Å². The summed E-state index contributed by atoms with van der Waals surface area (Å²) in [6.07, 6.45) is 8.07. The van der Waals surface area contributed by atoms with Crippen LogP contribution in [0.25, 0.3) is 34.4 Å². The van der Waals surface area contributed by atoms with Gasteiger partial charge in [0.25, 0.3) is 0 Å². The average Bonchev–Trinajstić information content (AvgIpc) is 3.70. The molecule has 7 rings (SSSR count). The van der Waals surface area contributed by atoms with E-state index in [0.717, 1.165) is 19.3 Å². The second kappa shape index (κ2) is 12.2. The maximum absolute atomic E-state index is 2.56. The molecule has 5 aromatic carbocycles. The summed E-state index contributed by atoms with van der Waals surface area (Å²) in [6.45, 7) is 20.9. The minimum atomic E-state index is -0.121. The topological polar surface area (TPSA) is 0 Å². The number of hydrogen-bond acceptors (Lipinski definition) is 0. The zero-order valence-corrected chi connectivity index (χ0v) is 31.1. The lowest BCUT2D eigenvalue weighted by Gasteiger charge is -2.34. The molecule has 2 aliphatic rings. The third-order valence-corrected chi connectivity index (χ3v) is 11.4. The largest absolute Gasteiger partial charge is 0.0622 e. The summed E-state index contributed by atoms with van der Waals surface area (Å²) in [5, 5.41) is 0. The van der Waals surface area contributed by atoms with E-state index in [0.29, 0.717) is 0 Å². The molecule has 0 unspecified atom stereocenters. The molecule has 0 atom stereocenters. The average molecular weight is 641 g/mol. The Morgan fingerprint density at radius 3 is 1.33 bits per heavy atom. The number of rotatable bonds is 6. The predicted molar refractivity (Wildman–Crippen MR) is 212 cm³/mol. The molecular weight excluding hydrogens is 589 g/mol. The van der Waals surface area contributed by atoms with Crippen LogP contribution in [0.1, 0.15) is 98.5 Å². The van der Waals surface area contributed by atoms with E-state index in [2.05, 4.69) is 178 Å². The number of hydrogen-bond donors (Lipinski definition) is 0. The highest BCUT2D eigenvalue weighted by molar-refractivity contribution is 5.86. The lowest BCUT2D eigenvalue weighted by molar-refractivity contribution is 0.466. The zero-order chi connectivity index (χ0) is 34.7. The van der Waals surface area contributed by atoms with Gasteiger partial charge >= 0.3 is 0 Å². The number of aryl methyl sites for hydroxylation is 2. The maximum atomic E-state index is 2.56. The Bertz CT molecular complexity index is 1990. The van der Waals surface area contributed by atoms with Crippen molar-refractivity contribution in [3.63, 3.8) is 0 Å². The van der Waals surface area contributed by atoms with Gasteiger partial charge in [-0.2, -0.15) is 0 Å². The first-order valence-corrected chi connectivity index (χ1v) is 18.2. The molecule has 0 heterocycles. The van der Waals surface area contributed by atoms with Gasteiger partial charge < -0.3 is 0 Å². The van der Waals surface area contributed by atoms with Crippen molar-refractivity contribution >= 4 is 12.2 Å². The first-order valence-electron chi connectivity index (χ1n) is 18.2. The molecule has 0 bridgehead atoms. The highest BCUT2D eigenvalue weighted by atomic mass is 14.4.